The van der Waals surface area contributed by atoms with E-state index in [1.807, 2.05) is 53.0 Å². The molecule has 4 heterocycles. The molecule has 2 aliphatic heterocycles. The van der Waals surface area contributed by atoms with Gasteiger partial charge in [-0.25, -0.2) is 9.78 Å². The molecule has 0 aliphatic carbocycles. The zero-order valence-electron chi connectivity index (χ0n) is 20.7. The number of nitrogens with zero attached hydrogens (tertiary/aromatic N) is 4. The molecule has 0 spiro atoms. The van der Waals surface area contributed by atoms with Crippen LogP contribution in [0.3, 0.4) is 0 Å². The number of fused-ring (bicyclic) bond motifs is 2. The maximum atomic E-state index is 13.4. The van der Waals surface area contributed by atoms with Crippen LogP contribution in [0, 0.1) is 0 Å². The summed E-state index contributed by atoms with van der Waals surface area (Å²) in [6.07, 6.45) is 5.93. The second-order valence-corrected chi connectivity index (χ2v) is 9.84. The first-order chi connectivity index (χ1) is 18.0. The molecule has 2 aromatic heterocycles. The first kappa shape index (κ1) is 23.1. The third-order valence-corrected chi connectivity index (χ3v) is 7.59. The van der Waals surface area contributed by atoms with Crippen LogP contribution in [0.4, 0.5) is 16.3 Å². The van der Waals surface area contributed by atoms with Gasteiger partial charge in [-0.05, 0) is 61.2 Å². The molecule has 0 bridgehead atoms. The number of pyridine rings is 1. The smallest absolute Gasteiger partial charge is 0.322 e. The van der Waals surface area contributed by atoms with Gasteiger partial charge in [0.2, 0.25) is 0 Å². The van der Waals surface area contributed by atoms with E-state index in [0.717, 1.165) is 53.9 Å². The van der Waals surface area contributed by atoms with Gasteiger partial charge >= 0.3 is 6.03 Å². The van der Waals surface area contributed by atoms with Gasteiger partial charge in [0.05, 0.1) is 0 Å². The Balaban J connectivity index is 1.15. The summed E-state index contributed by atoms with van der Waals surface area (Å²) in [7, 11) is 1.95. The lowest BCUT2D eigenvalue weighted by Crippen LogP contribution is -2.49. The lowest BCUT2D eigenvalue weighted by atomic mass is 10.0. The Hall–Kier alpha value is -4.33. The van der Waals surface area contributed by atoms with Crippen molar-refractivity contribution < 1.29 is 14.7 Å². The van der Waals surface area contributed by atoms with E-state index in [1.54, 1.807) is 30.5 Å². The minimum absolute atomic E-state index is 0.0119. The standard InChI is InChI=1S/C29H29N5O3/c1-32-18-24(23-4-2-3-5-26(23)32)28(36)20-8-12-30-27(17-20)33-13-10-21(11-14-33)34-15-9-19-16-22(35)6-7-25(19)31-29(34)37/h2-8,12,16-18,21,35H,9-11,13-15H2,1H3,(H,31,37). The number of urea groups is 1. The van der Waals surface area contributed by atoms with E-state index in [9.17, 15) is 14.7 Å². The number of hydrogen-bond acceptors (Lipinski definition) is 5. The molecule has 8 nitrogen and oxygen atoms in total. The van der Waals surface area contributed by atoms with Crippen LogP contribution in [0.15, 0.2) is 67.0 Å². The van der Waals surface area contributed by atoms with Crippen LogP contribution >= 0.6 is 0 Å². The Bertz CT molecular complexity index is 1500. The zero-order chi connectivity index (χ0) is 25.5. The number of aromatic hydroxyl groups is 1. The van der Waals surface area contributed by atoms with Crippen molar-refractivity contribution in [3.63, 3.8) is 0 Å². The fraction of sp³-hybridized carbons (Fsp3) is 0.276. The third kappa shape index (κ3) is 4.28. The van der Waals surface area contributed by atoms with Crippen LogP contribution in [0.5, 0.6) is 5.75 Å². The molecule has 0 unspecified atom stereocenters. The van der Waals surface area contributed by atoms with E-state index in [1.165, 1.54) is 0 Å². The first-order valence-corrected chi connectivity index (χ1v) is 12.7. The monoisotopic (exact) mass is 495 g/mol. The highest BCUT2D eigenvalue weighted by Crippen LogP contribution is 2.29. The van der Waals surface area contributed by atoms with Gasteiger partial charge in [-0.3, -0.25) is 4.79 Å². The molecule has 188 valence electrons. The lowest BCUT2D eigenvalue weighted by Gasteiger charge is -2.38. The number of hydrogen-bond donors (Lipinski definition) is 2. The molecule has 1 fully saturated rings. The number of amides is 2. The van der Waals surface area contributed by atoms with Crippen molar-refractivity contribution in [3.8, 4) is 5.75 Å². The molecule has 37 heavy (non-hydrogen) atoms. The number of ketones is 1. The molecule has 2 N–H and O–H groups in total. The molecule has 1 saturated heterocycles. The van der Waals surface area contributed by atoms with Crippen molar-refractivity contribution in [2.75, 3.05) is 29.9 Å². The van der Waals surface area contributed by atoms with Crippen molar-refractivity contribution in [3.05, 3.63) is 83.7 Å². The summed E-state index contributed by atoms with van der Waals surface area (Å²) < 4.78 is 1.98. The number of anilines is 2. The van der Waals surface area contributed by atoms with Crippen molar-refractivity contribution in [1.29, 1.82) is 0 Å². The summed E-state index contributed by atoms with van der Waals surface area (Å²) in [5.74, 6) is 0.985. The summed E-state index contributed by atoms with van der Waals surface area (Å²) in [5.41, 5.74) is 4.05. The number of benzene rings is 2. The van der Waals surface area contributed by atoms with E-state index in [4.69, 9.17) is 0 Å². The number of aromatic nitrogens is 2. The molecular weight excluding hydrogens is 466 g/mol. The van der Waals surface area contributed by atoms with E-state index in [0.29, 0.717) is 24.1 Å². The number of piperidine rings is 1. The predicted octanol–water partition coefficient (Wildman–Crippen LogP) is 4.57. The van der Waals surface area contributed by atoms with Crippen LogP contribution in [0.1, 0.15) is 34.3 Å². The summed E-state index contributed by atoms with van der Waals surface area (Å²) in [4.78, 5) is 35.0. The Labute approximate surface area is 215 Å². The highest BCUT2D eigenvalue weighted by molar-refractivity contribution is 6.16. The van der Waals surface area contributed by atoms with Crippen molar-refractivity contribution in [2.45, 2.75) is 25.3 Å². The van der Waals surface area contributed by atoms with Gasteiger partial charge < -0.3 is 24.8 Å². The summed E-state index contributed by atoms with van der Waals surface area (Å²) >= 11 is 0. The molecule has 4 aromatic rings. The van der Waals surface area contributed by atoms with Crippen LogP contribution in [0.2, 0.25) is 0 Å². The molecule has 8 heteroatoms. The second kappa shape index (κ2) is 9.28. The molecule has 2 aromatic carbocycles. The second-order valence-electron chi connectivity index (χ2n) is 9.84. The fourth-order valence-corrected chi connectivity index (χ4v) is 5.60. The Morgan fingerprint density at radius 3 is 2.70 bits per heavy atom. The number of carbonyl (C=O) groups excluding carboxylic acids is 2. The average molecular weight is 496 g/mol. The van der Waals surface area contributed by atoms with Gasteiger partial charge in [0.25, 0.3) is 0 Å². The van der Waals surface area contributed by atoms with E-state index in [2.05, 4.69) is 15.2 Å². The maximum absolute atomic E-state index is 13.4. The molecule has 2 aliphatic rings. The van der Waals surface area contributed by atoms with Gasteiger partial charge in [-0.15, -0.1) is 0 Å². The lowest BCUT2D eigenvalue weighted by molar-refractivity contribution is 0.104. The predicted molar refractivity (Wildman–Crippen MR) is 143 cm³/mol. The number of nitrogens with one attached hydrogen (secondary N) is 1. The molecule has 0 saturated carbocycles. The number of para-hydroxylation sites is 1. The SMILES string of the molecule is Cn1cc(C(=O)c2ccnc(N3CCC(N4CCc5cc(O)ccc5NC4=O)CC3)c2)c2ccccc21. The van der Waals surface area contributed by atoms with Crippen molar-refractivity contribution >= 4 is 34.2 Å². The van der Waals surface area contributed by atoms with Gasteiger partial charge in [-0.1, -0.05) is 18.2 Å². The number of carbonyl (C=O) groups is 2. The van der Waals surface area contributed by atoms with Crippen LogP contribution in [-0.4, -0.2) is 57.0 Å². The van der Waals surface area contributed by atoms with Gasteiger partial charge in [0.1, 0.15) is 11.6 Å². The Kier molecular flexibility index (Phi) is 5.79. The maximum Gasteiger partial charge on any atom is 0.322 e. The van der Waals surface area contributed by atoms with E-state index >= 15 is 0 Å². The largest absolute Gasteiger partial charge is 0.508 e. The fourth-order valence-electron chi connectivity index (χ4n) is 5.60. The Morgan fingerprint density at radius 2 is 1.86 bits per heavy atom. The summed E-state index contributed by atoms with van der Waals surface area (Å²) in [6, 6.07) is 16.7. The summed E-state index contributed by atoms with van der Waals surface area (Å²) in [5, 5.41) is 13.8. The molecule has 0 radical (unpaired) electrons. The minimum Gasteiger partial charge on any atom is -0.508 e. The first-order valence-electron chi connectivity index (χ1n) is 12.7. The molecular formula is C29H29N5O3. The normalized spacial score (nSPS) is 16.4. The molecule has 6 rings (SSSR count). The Morgan fingerprint density at radius 1 is 1.05 bits per heavy atom. The van der Waals surface area contributed by atoms with Gasteiger partial charge in [0, 0.05) is 72.8 Å². The average Bonchev–Trinajstić information content (AvgIpc) is 3.17. The van der Waals surface area contributed by atoms with Gasteiger partial charge in [-0.2, -0.15) is 0 Å². The van der Waals surface area contributed by atoms with Crippen LogP contribution < -0.4 is 10.2 Å². The number of rotatable bonds is 4. The zero-order valence-corrected chi connectivity index (χ0v) is 20.7. The summed E-state index contributed by atoms with van der Waals surface area (Å²) in [6.45, 7) is 2.11. The minimum atomic E-state index is -0.0938. The van der Waals surface area contributed by atoms with Crippen LogP contribution in [-0.2, 0) is 13.5 Å². The third-order valence-electron chi connectivity index (χ3n) is 7.59. The van der Waals surface area contributed by atoms with E-state index < -0.39 is 0 Å². The number of phenolic OH excluding ortho intramolecular Hbond substituents is 1. The molecule has 0 atom stereocenters. The number of phenols is 1. The number of aryl methyl sites for hydroxylation is 1. The topological polar surface area (TPSA) is 90.7 Å². The quantitative estimate of drug-likeness (QED) is 0.320. The van der Waals surface area contributed by atoms with Crippen molar-refractivity contribution in [2.24, 2.45) is 7.05 Å². The molecule has 2 amide bonds. The van der Waals surface area contributed by atoms with Gasteiger partial charge in [0.15, 0.2) is 5.78 Å². The van der Waals surface area contributed by atoms with E-state index in [-0.39, 0.29) is 23.6 Å². The highest BCUT2D eigenvalue weighted by atomic mass is 16.3. The van der Waals surface area contributed by atoms with Crippen LogP contribution in [0.25, 0.3) is 10.9 Å². The highest BCUT2D eigenvalue weighted by Gasteiger charge is 2.30. The van der Waals surface area contributed by atoms with Crippen molar-refractivity contribution in [1.82, 2.24) is 14.5 Å².